The van der Waals surface area contributed by atoms with Crippen LogP contribution in [0.25, 0.3) is 0 Å². The molecule has 7 nitrogen and oxygen atoms in total. The van der Waals surface area contributed by atoms with Gasteiger partial charge in [-0.2, -0.15) is 5.26 Å². The fourth-order valence-electron chi connectivity index (χ4n) is 1.34. The van der Waals surface area contributed by atoms with Crippen molar-refractivity contribution < 1.29 is 19.1 Å². The highest BCUT2D eigenvalue weighted by Crippen LogP contribution is 2.35. The number of nitriles is 1. The van der Waals surface area contributed by atoms with E-state index in [9.17, 15) is 9.59 Å². The second-order valence-electron chi connectivity index (χ2n) is 3.48. The van der Waals surface area contributed by atoms with Crippen molar-refractivity contribution in [1.82, 2.24) is 5.32 Å². The monoisotopic (exact) mass is 297 g/mol. The Morgan fingerprint density at radius 1 is 1.25 bits per heavy atom. The number of methoxy groups -OCH3 is 2. The minimum Gasteiger partial charge on any atom is -0.495 e. The minimum atomic E-state index is -0.931. The van der Waals surface area contributed by atoms with Gasteiger partial charge >= 0.3 is 11.8 Å². The molecule has 0 spiro atoms. The third-order valence-electron chi connectivity index (χ3n) is 2.26. The van der Waals surface area contributed by atoms with E-state index < -0.39 is 11.8 Å². The van der Waals surface area contributed by atoms with Crippen LogP contribution in [0.15, 0.2) is 12.1 Å². The van der Waals surface area contributed by atoms with E-state index in [1.165, 1.54) is 26.4 Å². The molecule has 1 rings (SSSR count). The van der Waals surface area contributed by atoms with Crippen molar-refractivity contribution >= 4 is 29.1 Å². The summed E-state index contributed by atoms with van der Waals surface area (Å²) in [5.74, 6) is -1.21. The Kier molecular flexibility index (Phi) is 5.62. The number of nitrogens with one attached hydrogen (secondary N) is 2. The smallest absolute Gasteiger partial charge is 0.313 e. The number of ether oxygens (including phenoxy) is 2. The lowest BCUT2D eigenvalue weighted by Gasteiger charge is -2.12. The van der Waals surface area contributed by atoms with Gasteiger partial charge < -0.3 is 20.1 Å². The van der Waals surface area contributed by atoms with E-state index >= 15 is 0 Å². The molecular formula is C12H12ClN3O4. The van der Waals surface area contributed by atoms with Gasteiger partial charge in [0.1, 0.15) is 18.0 Å². The molecule has 2 N–H and O–H groups in total. The van der Waals surface area contributed by atoms with Gasteiger partial charge in [-0.05, 0) is 6.07 Å². The lowest BCUT2D eigenvalue weighted by molar-refractivity contribution is -0.136. The van der Waals surface area contributed by atoms with Gasteiger partial charge in [-0.15, -0.1) is 0 Å². The van der Waals surface area contributed by atoms with Gasteiger partial charge in [0, 0.05) is 6.07 Å². The molecular weight excluding hydrogens is 286 g/mol. The van der Waals surface area contributed by atoms with E-state index in [-0.39, 0.29) is 23.0 Å². The van der Waals surface area contributed by atoms with Crippen molar-refractivity contribution in [1.29, 1.82) is 5.26 Å². The largest absolute Gasteiger partial charge is 0.495 e. The zero-order chi connectivity index (χ0) is 15.1. The Balaban J connectivity index is 2.92. The molecule has 0 unspecified atom stereocenters. The first kappa shape index (κ1) is 15.6. The molecule has 1 aromatic carbocycles. The van der Waals surface area contributed by atoms with Gasteiger partial charge in [0.25, 0.3) is 0 Å². The van der Waals surface area contributed by atoms with Crippen molar-refractivity contribution in [2.45, 2.75) is 0 Å². The summed E-state index contributed by atoms with van der Waals surface area (Å²) < 4.78 is 10.1. The average molecular weight is 298 g/mol. The first-order valence-corrected chi connectivity index (χ1v) is 5.79. The normalized spacial score (nSPS) is 9.30. The van der Waals surface area contributed by atoms with Crippen LogP contribution in [0.2, 0.25) is 5.02 Å². The van der Waals surface area contributed by atoms with Crippen LogP contribution in [0.1, 0.15) is 0 Å². The average Bonchev–Trinajstić information content (AvgIpc) is 2.44. The first-order chi connectivity index (χ1) is 9.53. The fraction of sp³-hybridized carbons (Fsp3) is 0.250. The van der Waals surface area contributed by atoms with Gasteiger partial charge in [0.15, 0.2) is 0 Å². The molecule has 20 heavy (non-hydrogen) atoms. The summed E-state index contributed by atoms with van der Waals surface area (Å²) in [7, 11) is 2.84. The molecule has 1 aromatic rings. The highest BCUT2D eigenvalue weighted by Gasteiger charge is 2.17. The van der Waals surface area contributed by atoms with Gasteiger partial charge in [-0.3, -0.25) is 9.59 Å². The number of hydrogen-bond donors (Lipinski definition) is 2. The molecule has 0 aliphatic carbocycles. The number of carbonyl (C=O) groups excluding carboxylic acids is 2. The van der Waals surface area contributed by atoms with Crippen molar-refractivity contribution in [3.05, 3.63) is 17.2 Å². The van der Waals surface area contributed by atoms with E-state index in [1.807, 2.05) is 0 Å². The summed E-state index contributed by atoms with van der Waals surface area (Å²) in [4.78, 5) is 22.9. The zero-order valence-corrected chi connectivity index (χ0v) is 11.6. The highest BCUT2D eigenvalue weighted by molar-refractivity contribution is 6.40. The molecule has 0 saturated heterocycles. The lowest BCUT2D eigenvalue weighted by Crippen LogP contribution is -2.35. The second-order valence-corrected chi connectivity index (χ2v) is 3.89. The quantitative estimate of drug-likeness (QED) is 0.636. The Morgan fingerprint density at radius 3 is 2.45 bits per heavy atom. The maximum Gasteiger partial charge on any atom is 0.313 e. The molecule has 8 heteroatoms. The number of amides is 2. The van der Waals surface area contributed by atoms with Crippen LogP contribution < -0.4 is 20.1 Å². The summed E-state index contributed by atoms with van der Waals surface area (Å²) in [6.07, 6.45) is 0. The van der Waals surface area contributed by atoms with E-state index in [2.05, 4.69) is 10.6 Å². The summed E-state index contributed by atoms with van der Waals surface area (Å²) in [6.45, 7) is -0.257. The van der Waals surface area contributed by atoms with Crippen LogP contribution >= 0.6 is 11.6 Å². The third kappa shape index (κ3) is 3.76. The van der Waals surface area contributed by atoms with Gasteiger partial charge in [-0.1, -0.05) is 11.6 Å². The summed E-state index contributed by atoms with van der Waals surface area (Å²) >= 11 is 5.93. The molecule has 0 aromatic heterocycles. The Bertz CT molecular complexity index is 569. The number of rotatable bonds is 4. The molecule has 0 atom stereocenters. The molecule has 0 aliphatic rings. The van der Waals surface area contributed by atoms with Crippen molar-refractivity contribution in [3.8, 4) is 17.6 Å². The van der Waals surface area contributed by atoms with E-state index in [0.717, 1.165) is 0 Å². The summed E-state index contributed by atoms with van der Waals surface area (Å²) in [5, 5.41) is 13.0. The number of nitrogens with zero attached hydrogens (tertiary/aromatic N) is 1. The second kappa shape index (κ2) is 7.21. The number of halogens is 1. The first-order valence-electron chi connectivity index (χ1n) is 5.41. The van der Waals surface area contributed by atoms with E-state index in [4.69, 9.17) is 26.3 Å². The molecule has 0 aliphatic heterocycles. The van der Waals surface area contributed by atoms with Gasteiger partial charge in [0.05, 0.1) is 31.0 Å². The van der Waals surface area contributed by atoms with Gasteiger partial charge in [0.2, 0.25) is 0 Å². The molecule has 0 heterocycles. The van der Waals surface area contributed by atoms with Crippen LogP contribution in [-0.2, 0) is 9.59 Å². The third-order valence-corrected chi connectivity index (χ3v) is 2.55. The predicted molar refractivity (Wildman–Crippen MR) is 71.8 cm³/mol. The van der Waals surface area contributed by atoms with E-state index in [1.54, 1.807) is 6.07 Å². The van der Waals surface area contributed by atoms with Crippen LogP contribution in [-0.4, -0.2) is 32.6 Å². The maximum absolute atomic E-state index is 11.6. The Morgan fingerprint density at radius 2 is 1.90 bits per heavy atom. The van der Waals surface area contributed by atoms with Crippen LogP contribution in [0.5, 0.6) is 11.5 Å². The van der Waals surface area contributed by atoms with Crippen molar-refractivity contribution in [2.75, 3.05) is 26.1 Å². The number of anilines is 1. The minimum absolute atomic E-state index is 0.218. The Hall–Kier alpha value is -2.46. The lowest BCUT2D eigenvalue weighted by atomic mass is 10.2. The molecule has 106 valence electrons. The number of carbonyl (C=O) groups is 2. The number of benzene rings is 1. The van der Waals surface area contributed by atoms with Crippen LogP contribution in [0.4, 0.5) is 5.69 Å². The summed E-state index contributed by atoms with van der Waals surface area (Å²) in [5.41, 5.74) is 0.218. The van der Waals surface area contributed by atoms with E-state index in [0.29, 0.717) is 5.75 Å². The van der Waals surface area contributed by atoms with Crippen molar-refractivity contribution in [2.24, 2.45) is 0 Å². The van der Waals surface area contributed by atoms with Crippen LogP contribution in [0, 0.1) is 11.3 Å². The Labute approximate surface area is 120 Å². The molecule has 0 fully saturated rings. The highest BCUT2D eigenvalue weighted by atomic mass is 35.5. The SMILES string of the molecule is COc1cc(OC)c(NC(=O)C(=O)NCC#N)cc1Cl. The maximum atomic E-state index is 11.6. The number of hydrogen-bond acceptors (Lipinski definition) is 5. The molecule has 2 amide bonds. The summed E-state index contributed by atoms with van der Waals surface area (Å²) in [6, 6.07) is 4.56. The molecule has 0 radical (unpaired) electrons. The van der Waals surface area contributed by atoms with Gasteiger partial charge in [-0.25, -0.2) is 0 Å². The standard InChI is InChI=1S/C12H12ClN3O4/c1-19-9-6-10(20-2)8(5-7(9)13)16-12(18)11(17)15-4-3-14/h5-6H,4H2,1-2H3,(H,15,17)(H,16,18). The van der Waals surface area contributed by atoms with Crippen molar-refractivity contribution in [3.63, 3.8) is 0 Å². The fourth-order valence-corrected chi connectivity index (χ4v) is 1.58. The molecule has 0 saturated carbocycles. The molecule has 0 bridgehead atoms. The topological polar surface area (TPSA) is 100 Å². The van der Waals surface area contributed by atoms with Crippen LogP contribution in [0.3, 0.4) is 0 Å². The predicted octanol–water partition coefficient (Wildman–Crippen LogP) is 0.935. The zero-order valence-electron chi connectivity index (χ0n) is 10.8.